The Morgan fingerprint density at radius 3 is 2.67 bits per heavy atom. The smallest absolute Gasteiger partial charge is 0.348 e. The minimum absolute atomic E-state index is 0. The van der Waals surface area contributed by atoms with Gasteiger partial charge in [-0.2, -0.15) is 0 Å². The van der Waals surface area contributed by atoms with Gasteiger partial charge in [-0.05, 0) is 42.7 Å². The van der Waals surface area contributed by atoms with Crippen molar-refractivity contribution < 1.29 is 14.1 Å². The molecule has 5 heteroatoms. The Morgan fingerprint density at radius 1 is 1.30 bits per heavy atom. The number of aromatic nitrogens is 2. The van der Waals surface area contributed by atoms with Gasteiger partial charge in [-0.25, -0.2) is 13.9 Å². The summed E-state index contributed by atoms with van der Waals surface area (Å²) in [6, 6.07) is 8.26. The standard InChI is InChI=1S/C22H33N2O2.ClH/c1-6-21-23(5)18-9-7-8-10-19(18)24(21)14-22(25)26-20-13-16(4)11-12-17(20)15(2)3;/h7-10,15-17,20H,6,11-14H2,1-5H3;1H/q+1;/t16-,17+,20-;/m1./s1. The molecule has 1 aliphatic carbocycles. The molecule has 1 aromatic heterocycles. The molecule has 1 aromatic carbocycles. The van der Waals surface area contributed by atoms with Gasteiger partial charge in [-0.1, -0.05) is 46.2 Å². The van der Waals surface area contributed by atoms with Gasteiger partial charge >= 0.3 is 5.97 Å². The summed E-state index contributed by atoms with van der Waals surface area (Å²) in [5.74, 6) is 2.72. The summed E-state index contributed by atoms with van der Waals surface area (Å²) < 4.78 is 10.3. The number of rotatable bonds is 5. The average molecular weight is 394 g/mol. The number of halogens is 1. The van der Waals surface area contributed by atoms with E-state index in [9.17, 15) is 4.79 Å². The zero-order chi connectivity index (χ0) is 18.8. The Hall–Kier alpha value is -1.55. The van der Waals surface area contributed by atoms with Gasteiger partial charge in [-0.3, -0.25) is 0 Å². The first kappa shape index (κ1) is 21.7. The first-order valence-electron chi connectivity index (χ1n) is 10.1. The second-order valence-corrected chi connectivity index (χ2v) is 8.26. The lowest BCUT2D eigenvalue weighted by atomic mass is 9.75. The van der Waals surface area contributed by atoms with E-state index >= 15 is 0 Å². The number of fused-ring (bicyclic) bond motifs is 1. The van der Waals surface area contributed by atoms with Gasteiger partial charge in [0.15, 0.2) is 17.6 Å². The molecule has 0 unspecified atom stereocenters. The van der Waals surface area contributed by atoms with Crippen LogP contribution in [0.4, 0.5) is 0 Å². The molecule has 1 aliphatic rings. The van der Waals surface area contributed by atoms with Gasteiger partial charge < -0.3 is 4.74 Å². The van der Waals surface area contributed by atoms with Crippen LogP contribution in [0.3, 0.4) is 0 Å². The number of aryl methyl sites for hydroxylation is 1. The van der Waals surface area contributed by atoms with Gasteiger partial charge in [0.1, 0.15) is 6.10 Å². The maximum absolute atomic E-state index is 12.8. The molecule has 4 nitrogen and oxygen atoms in total. The second kappa shape index (κ2) is 9.09. The van der Waals surface area contributed by atoms with Crippen molar-refractivity contribution in [3.8, 4) is 0 Å². The summed E-state index contributed by atoms with van der Waals surface area (Å²) in [6.07, 6.45) is 4.35. The normalized spacial score (nSPS) is 22.7. The van der Waals surface area contributed by atoms with Crippen molar-refractivity contribution in [1.29, 1.82) is 0 Å². The van der Waals surface area contributed by atoms with Crippen LogP contribution in [0.25, 0.3) is 11.0 Å². The van der Waals surface area contributed by atoms with E-state index in [0.29, 0.717) is 24.3 Å². The van der Waals surface area contributed by atoms with E-state index in [1.165, 1.54) is 12.8 Å². The average Bonchev–Trinajstić information content (AvgIpc) is 2.86. The molecule has 0 N–H and O–H groups in total. The number of para-hydroxylation sites is 2. The summed E-state index contributed by atoms with van der Waals surface area (Å²) in [6.45, 7) is 9.19. The van der Waals surface area contributed by atoms with E-state index in [2.05, 4.69) is 56.0 Å². The molecule has 0 spiro atoms. The lowest BCUT2D eigenvalue weighted by molar-refractivity contribution is -0.653. The van der Waals surface area contributed by atoms with Gasteiger partial charge in [0.05, 0.1) is 7.05 Å². The van der Waals surface area contributed by atoms with Crippen molar-refractivity contribution in [2.45, 2.75) is 66.0 Å². The molecule has 1 saturated carbocycles. The quantitative estimate of drug-likeness (QED) is 0.555. The van der Waals surface area contributed by atoms with Crippen molar-refractivity contribution >= 4 is 29.4 Å². The maximum Gasteiger partial charge on any atom is 0.348 e. The van der Waals surface area contributed by atoms with E-state index in [4.69, 9.17) is 4.74 Å². The molecule has 150 valence electrons. The van der Waals surface area contributed by atoms with Crippen LogP contribution in [-0.2, 0) is 29.5 Å². The summed E-state index contributed by atoms with van der Waals surface area (Å²) in [5.41, 5.74) is 2.25. The minimum atomic E-state index is -0.106. The van der Waals surface area contributed by atoms with Gasteiger partial charge in [-0.15, -0.1) is 12.4 Å². The van der Waals surface area contributed by atoms with E-state index in [1.54, 1.807) is 0 Å². The highest BCUT2D eigenvalue weighted by molar-refractivity contribution is 5.85. The molecular formula is C22H34ClN2O2+. The van der Waals surface area contributed by atoms with Crippen LogP contribution in [0.2, 0.25) is 0 Å². The number of carbonyl (C=O) groups is 1. The molecule has 1 fully saturated rings. The molecule has 3 atom stereocenters. The van der Waals surface area contributed by atoms with E-state index < -0.39 is 0 Å². The Bertz CT molecular complexity index is 784. The van der Waals surface area contributed by atoms with Crippen LogP contribution in [0.15, 0.2) is 24.3 Å². The second-order valence-electron chi connectivity index (χ2n) is 8.26. The lowest BCUT2D eigenvalue weighted by Crippen LogP contribution is -2.37. The highest BCUT2D eigenvalue weighted by Gasteiger charge is 2.34. The highest BCUT2D eigenvalue weighted by atomic mass is 35.5. The molecule has 0 amide bonds. The van der Waals surface area contributed by atoms with Crippen molar-refractivity contribution in [2.75, 3.05) is 0 Å². The number of nitrogens with zero attached hydrogens (tertiary/aromatic N) is 2. The molecule has 0 radical (unpaired) electrons. The summed E-state index contributed by atoms with van der Waals surface area (Å²) in [5, 5.41) is 0. The Morgan fingerprint density at radius 2 is 2.00 bits per heavy atom. The Labute approximate surface area is 169 Å². The van der Waals surface area contributed by atoms with Crippen LogP contribution in [0.5, 0.6) is 0 Å². The molecule has 0 saturated heterocycles. The van der Waals surface area contributed by atoms with Crippen molar-refractivity contribution in [3.05, 3.63) is 30.1 Å². The SMILES string of the molecule is CCc1n(CC(=O)O[C@@H]2C[C@H](C)CC[C@H]2C(C)C)c2ccccc2[n+]1C.Cl. The fourth-order valence-corrected chi connectivity index (χ4v) is 4.63. The topological polar surface area (TPSA) is 35.1 Å². The van der Waals surface area contributed by atoms with Gasteiger partial charge in [0.25, 0.3) is 5.82 Å². The third-order valence-corrected chi connectivity index (χ3v) is 6.08. The number of esters is 1. The van der Waals surface area contributed by atoms with Crippen LogP contribution in [-0.4, -0.2) is 16.6 Å². The molecule has 0 bridgehead atoms. The monoisotopic (exact) mass is 393 g/mol. The number of imidazole rings is 1. The lowest BCUT2D eigenvalue weighted by Gasteiger charge is -2.36. The molecule has 0 aliphatic heterocycles. The van der Waals surface area contributed by atoms with Crippen LogP contribution < -0.4 is 4.57 Å². The number of hydrogen-bond donors (Lipinski definition) is 0. The largest absolute Gasteiger partial charge is 0.459 e. The minimum Gasteiger partial charge on any atom is -0.459 e. The Kier molecular flexibility index (Phi) is 7.32. The van der Waals surface area contributed by atoms with Crippen molar-refractivity contribution in [2.24, 2.45) is 24.8 Å². The van der Waals surface area contributed by atoms with E-state index in [0.717, 1.165) is 29.7 Å². The third kappa shape index (κ3) is 4.48. The predicted octanol–water partition coefficient (Wildman–Crippen LogP) is 4.45. The Balaban J connectivity index is 0.00000261. The number of hydrogen-bond acceptors (Lipinski definition) is 2. The molecule has 1 heterocycles. The maximum atomic E-state index is 12.8. The molecule has 2 aromatic rings. The first-order valence-corrected chi connectivity index (χ1v) is 10.1. The zero-order valence-electron chi connectivity index (χ0n) is 17.3. The molecular weight excluding hydrogens is 360 g/mol. The summed E-state index contributed by atoms with van der Waals surface area (Å²) in [4.78, 5) is 12.8. The van der Waals surface area contributed by atoms with Crippen LogP contribution in [0.1, 0.15) is 52.8 Å². The highest BCUT2D eigenvalue weighted by Crippen LogP contribution is 2.35. The van der Waals surface area contributed by atoms with Gasteiger partial charge in [0, 0.05) is 6.42 Å². The van der Waals surface area contributed by atoms with Crippen LogP contribution in [0, 0.1) is 17.8 Å². The van der Waals surface area contributed by atoms with E-state index in [1.807, 2.05) is 12.1 Å². The zero-order valence-corrected chi connectivity index (χ0v) is 18.1. The molecule has 27 heavy (non-hydrogen) atoms. The number of benzene rings is 1. The van der Waals surface area contributed by atoms with E-state index in [-0.39, 0.29) is 24.5 Å². The van der Waals surface area contributed by atoms with Crippen molar-refractivity contribution in [1.82, 2.24) is 4.57 Å². The first-order chi connectivity index (χ1) is 12.4. The summed E-state index contributed by atoms with van der Waals surface area (Å²) in [7, 11) is 2.07. The number of ether oxygens (including phenoxy) is 1. The van der Waals surface area contributed by atoms with Crippen LogP contribution >= 0.6 is 12.4 Å². The van der Waals surface area contributed by atoms with Gasteiger partial charge in [0.2, 0.25) is 0 Å². The summed E-state index contributed by atoms with van der Waals surface area (Å²) >= 11 is 0. The predicted molar refractivity (Wildman–Crippen MR) is 111 cm³/mol. The van der Waals surface area contributed by atoms with Crippen molar-refractivity contribution in [3.63, 3.8) is 0 Å². The third-order valence-electron chi connectivity index (χ3n) is 6.08. The number of carbonyl (C=O) groups excluding carboxylic acids is 1. The molecule has 3 rings (SSSR count). The fraction of sp³-hybridized carbons (Fsp3) is 0.636. The fourth-order valence-electron chi connectivity index (χ4n) is 4.63.